The van der Waals surface area contributed by atoms with Crippen molar-refractivity contribution in [1.29, 1.82) is 0 Å². The van der Waals surface area contributed by atoms with Gasteiger partial charge in [-0.15, -0.1) is 0 Å². The summed E-state index contributed by atoms with van der Waals surface area (Å²) in [6.07, 6.45) is 1.77. The number of aromatic nitrogens is 2. The van der Waals surface area contributed by atoms with Crippen LogP contribution in [0.2, 0.25) is 5.02 Å². The lowest BCUT2D eigenvalue weighted by Crippen LogP contribution is -2.31. The van der Waals surface area contributed by atoms with E-state index in [9.17, 15) is 0 Å². The van der Waals surface area contributed by atoms with Crippen LogP contribution in [0.3, 0.4) is 0 Å². The zero-order valence-corrected chi connectivity index (χ0v) is 13.2. The van der Waals surface area contributed by atoms with Crippen molar-refractivity contribution >= 4 is 27.5 Å². The quantitative estimate of drug-likeness (QED) is 0.662. The minimum atomic E-state index is -0.204. The van der Waals surface area contributed by atoms with Crippen molar-refractivity contribution < 1.29 is 0 Å². The van der Waals surface area contributed by atoms with Gasteiger partial charge in [-0.05, 0) is 47.0 Å². The highest BCUT2D eigenvalue weighted by Gasteiger charge is 2.22. The van der Waals surface area contributed by atoms with E-state index in [2.05, 4.69) is 26.5 Å². The summed E-state index contributed by atoms with van der Waals surface area (Å²) in [5.74, 6) is 5.72. The van der Waals surface area contributed by atoms with Crippen molar-refractivity contribution in [2.75, 3.05) is 0 Å². The molecule has 2 aromatic rings. The number of hydrogen-bond acceptors (Lipinski definition) is 3. The number of halogens is 2. The van der Waals surface area contributed by atoms with Gasteiger partial charge < -0.3 is 0 Å². The summed E-state index contributed by atoms with van der Waals surface area (Å²) in [7, 11) is 0. The topological polar surface area (TPSA) is 55.9 Å². The van der Waals surface area contributed by atoms with E-state index >= 15 is 0 Å². The third kappa shape index (κ3) is 2.84. The van der Waals surface area contributed by atoms with Gasteiger partial charge in [-0.2, -0.15) is 5.10 Å². The van der Waals surface area contributed by atoms with E-state index in [1.54, 1.807) is 6.20 Å². The van der Waals surface area contributed by atoms with Crippen LogP contribution in [0.15, 0.2) is 28.9 Å². The average Bonchev–Trinajstić information content (AvgIpc) is 2.74. The van der Waals surface area contributed by atoms with Crippen molar-refractivity contribution in [2.45, 2.75) is 26.4 Å². The fraction of sp³-hybridized carbons (Fsp3) is 0.308. The Kier molecular flexibility index (Phi) is 4.62. The Morgan fingerprint density at radius 2 is 2.26 bits per heavy atom. The number of nitrogens with two attached hydrogens (primary N) is 1. The first-order valence-corrected chi connectivity index (χ1v) is 7.19. The van der Waals surface area contributed by atoms with Crippen LogP contribution >= 0.6 is 27.5 Å². The third-order valence-electron chi connectivity index (χ3n) is 3.04. The third-order valence-corrected chi connectivity index (χ3v) is 3.98. The summed E-state index contributed by atoms with van der Waals surface area (Å²) in [6, 6.07) is 5.74. The Bertz CT molecular complexity index is 582. The predicted molar refractivity (Wildman–Crippen MR) is 81.0 cm³/mol. The van der Waals surface area contributed by atoms with Gasteiger partial charge in [0.25, 0.3) is 0 Å². The molecule has 0 aliphatic carbocycles. The highest BCUT2D eigenvalue weighted by Crippen LogP contribution is 2.32. The van der Waals surface area contributed by atoms with E-state index in [0.29, 0.717) is 5.02 Å². The molecule has 102 valence electrons. The van der Waals surface area contributed by atoms with Crippen molar-refractivity contribution in [2.24, 2.45) is 5.84 Å². The Balaban J connectivity index is 2.52. The van der Waals surface area contributed by atoms with Gasteiger partial charge in [0.15, 0.2) is 0 Å². The molecule has 0 fully saturated rings. The summed E-state index contributed by atoms with van der Waals surface area (Å²) in [5, 5.41) is 5.00. The van der Waals surface area contributed by atoms with Crippen LogP contribution in [0, 0.1) is 6.92 Å². The van der Waals surface area contributed by atoms with Gasteiger partial charge in [-0.3, -0.25) is 10.5 Å². The Labute approximate surface area is 126 Å². The Morgan fingerprint density at radius 1 is 1.53 bits per heavy atom. The van der Waals surface area contributed by atoms with Gasteiger partial charge in [0.05, 0.1) is 22.4 Å². The molecule has 2 rings (SSSR count). The van der Waals surface area contributed by atoms with Gasteiger partial charge in [-0.25, -0.2) is 5.43 Å². The molecule has 19 heavy (non-hydrogen) atoms. The summed E-state index contributed by atoms with van der Waals surface area (Å²) in [5.41, 5.74) is 5.84. The fourth-order valence-corrected chi connectivity index (χ4v) is 2.96. The molecule has 0 saturated carbocycles. The second-order valence-corrected chi connectivity index (χ2v) is 5.58. The molecule has 3 N–H and O–H groups in total. The smallest absolute Gasteiger partial charge is 0.0904 e. The monoisotopic (exact) mass is 342 g/mol. The fourth-order valence-electron chi connectivity index (χ4n) is 2.09. The highest BCUT2D eigenvalue weighted by molar-refractivity contribution is 9.10. The lowest BCUT2D eigenvalue weighted by atomic mass is 10.0. The van der Waals surface area contributed by atoms with Gasteiger partial charge >= 0.3 is 0 Å². The Morgan fingerprint density at radius 3 is 2.84 bits per heavy atom. The van der Waals surface area contributed by atoms with Crippen LogP contribution in [-0.4, -0.2) is 9.78 Å². The van der Waals surface area contributed by atoms with E-state index in [0.717, 1.165) is 27.8 Å². The summed E-state index contributed by atoms with van der Waals surface area (Å²) in [6.45, 7) is 4.81. The molecule has 0 radical (unpaired) electrons. The predicted octanol–water partition coefficient (Wildman–Crippen LogP) is 3.18. The molecule has 0 aliphatic heterocycles. The first-order valence-electron chi connectivity index (χ1n) is 6.01. The molecule has 0 bridgehead atoms. The minimum absolute atomic E-state index is 0.204. The minimum Gasteiger partial charge on any atom is -0.271 e. The molecule has 0 spiro atoms. The van der Waals surface area contributed by atoms with E-state index in [-0.39, 0.29) is 6.04 Å². The number of rotatable bonds is 4. The second kappa shape index (κ2) is 6.05. The number of nitrogens with one attached hydrogen (secondary N) is 1. The van der Waals surface area contributed by atoms with Gasteiger partial charge in [0.1, 0.15) is 0 Å². The molecule has 6 heteroatoms. The van der Waals surface area contributed by atoms with Gasteiger partial charge in [0, 0.05) is 11.6 Å². The lowest BCUT2D eigenvalue weighted by molar-refractivity contribution is 0.542. The number of nitrogens with zero attached hydrogens (tertiary/aromatic N) is 2. The first-order chi connectivity index (χ1) is 9.08. The second-order valence-electron chi connectivity index (χ2n) is 4.32. The number of benzene rings is 1. The van der Waals surface area contributed by atoms with Crippen LogP contribution < -0.4 is 11.3 Å². The average molecular weight is 344 g/mol. The maximum absolute atomic E-state index is 6.33. The van der Waals surface area contributed by atoms with E-state index < -0.39 is 0 Å². The SMILES string of the molecule is CCn1ncc(Br)c1C(NN)c1ccc(C)cc1Cl. The Hall–Kier alpha value is -0.880. The summed E-state index contributed by atoms with van der Waals surface area (Å²) >= 11 is 9.84. The molecule has 1 aromatic heterocycles. The molecule has 1 aromatic carbocycles. The normalized spacial score (nSPS) is 12.7. The van der Waals surface area contributed by atoms with Crippen LogP contribution in [-0.2, 0) is 6.54 Å². The zero-order chi connectivity index (χ0) is 14.0. The molecular weight excluding hydrogens is 328 g/mol. The van der Waals surface area contributed by atoms with E-state index in [1.807, 2.05) is 36.7 Å². The van der Waals surface area contributed by atoms with Crippen molar-refractivity contribution in [1.82, 2.24) is 15.2 Å². The lowest BCUT2D eigenvalue weighted by Gasteiger charge is -2.20. The van der Waals surface area contributed by atoms with Crippen molar-refractivity contribution in [3.8, 4) is 0 Å². The van der Waals surface area contributed by atoms with E-state index in [4.69, 9.17) is 17.4 Å². The molecule has 1 atom stereocenters. The summed E-state index contributed by atoms with van der Waals surface area (Å²) < 4.78 is 2.80. The molecule has 0 saturated heterocycles. The molecule has 0 amide bonds. The number of hydrazine groups is 1. The zero-order valence-electron chi connectivity index (χ0n) is 10.8. The van der Waals surface area contributed by atoms with Gasteiger partial charge in [-0.1, -0.05) is 23.7 Å². The maximum Gasteiger partial charge on any atom is 0.0904 e. The maximum atomic E-state index is 6.33. The molecule has 0 aliphatic rings. The highest BCUT2D eigenvalue weighted by atomic mass is 79.9. The summed E-state index contributed by atoms with van der Waals surface area (Å²) in [4.78, 5) is 0. The molecule has 1 unspecified atom stereocenters. The molecule has 1 heterocycles. The van der Waals surface area contributed by atoms with Crippen molar-refractivity contribution in [3.05, 3.63) is 50.7 Å². The number of aryl methyl sites for hydroxylation is 2. The first kappa shape index (κ1) is 14.5. The molecular formula is C13H16BrClN4. The standard InChI is InChI=1S/C13H16BrClN4/c1-3-19-13(10(14)7-17-19)12(18-16)9-5-4-8(2)6-11(9)15/h4-7,12,18H,3,16H2,1-2H3. The van der Waals surface area contributed by atoms with Crippen molar-refractivity contribution in [3.63, 3.8) is 0 Å². The van der Waals surface area contributed by atoms with Crippen LogP contribution in [0.25, 0.3) is 0 Å². The van der Waals surface area contributed by atoms with Gasteiger partial charge in [0.2, 0.25) is 0 Å². The van der Waals surface area contributed by atoms with Crippen LogP contribution in [0.4, 0.5) is 0 Å². The number of hydrogen-bond donors (Lipinski definition) is 2. The van der Waals surface area contributed by atoms with E-state index in [1.165, 1.54) is 0 Å². The largest absolute Gasteiger partial charge is 0.271 e. The van der Waals surface area contributed by atoms with Crippen LogP contribution in [0.1, 0.15) is 29.8 Å². The van der Waals surface area contributed by atoms with Crippen LogP contribution in [0.5, 0.6) is 0 Å². The molecule has 4 nitrogen and oxygen atoms in total.